The fourth-order valence-electron chi connectivity index (χ4n) is 4.76. The molecule has 0 saturated carbocycles. The van der Waals surface area contributed by atoms with Crippen LogP contribution in [0.2, 0.25) is 5.02 Å². The summed E-state index contributed by atoms with van der Waals surface area (Å²) in [5.74, 6) is -1.31. The van der Waals surface area contributed by atoms with Crippen LogP contribution in [0.25, 0.3) is 21.6 Å². The SMILES string of the molecule is C=CCOc1ccc(C2C(=C(O)c3c(C)nc4ccccn34)C(=O)C(=O)N2c2nc3ccc(Cl)cc3s2)cc1. The second-order valence-electron chi connectivity index (χ2n) is 8.92. The van der Waals surface area contributed by atoms with E-state index in [-0.39, 0.29) is 11.3 Å². The van der Waals surface area contributed by atoms with E-state index in [0.717, 1.165) is 4.70 Å². The first-order valence-electron chi connectivity index (χ1n) is 12.0. The van der Waals surface area contributed by atoms with Gasteiger partial charge in [-0.05, 0) is 55.0 Å². The second kappa shape index (κ2) is 9.68. The minimum Gasteiger partial charge on any atom is -0.505 e. The van der Waals surface area contributed by atoms with Crippen LogP contribution in [0.3, 0.4) is 0 Å². The highest BCUT2D eigenvalue weighted by atomic mass is 35.5. The maximum Gasteiger partial charge on any atom is 0.301 e. The molecule has 0 bridgehead atoms. The van der Waals surface area contributed by atoms with Crippen LogP contribution in [-0.2, 0) is 9.59 Å². The lowest BCUT2D eigenvalue weighted by atomic mass is 9.96. The number of aliphatic hydroxyl groups is 1. The van der Waals surface area contributed by atoms with E-state index in [1.807, 2.05) is 6.07 Å². The van der Waals surface area contributed by atoms with Gasteiger partial charge in [0.25, 0.3) is 5.78 Å². The van der Waals surface area contributed by atoms with Crippen molar-refractivity contribution in [3.8, 4) is 5.75 Å². The number of aliphatic hydroxyl groups excluding tert-OH is 1. The van der Waals surface area contributed by atoms with Gasteiger partial charge in [-0.25, -0.2) is 9.97 Å². The first-order valence-corrected chi connectivity index (χ1v) is 13.2. The first-order chi connectivity index (χ1) is 18.9. The zero-order chi connectivity index (χ0) is 27.3. The third-order valence-corrected chi connectivity index (χ3v) is 7.73. The maximum atomic E-state index is 13.6. The summed E-state index contributed by atoms with van der Waals surface area (Å²) in [7, 11) is 0. The monoisotopic (exact) mass is 556 g/mol. The van der Waals surface area contributed by atoms with Crippen molar-refractivity contribution in [3.05, 3.63) is 107 Å². The van der Waals surface area contributed by atoms with Gasteiger partial charge >= 0.3 is 5.91 Å². The number of imidazole rings is 1. The summed E-state index contributed by atoms with van der Waals surface area (Å²) in [4.78, 5) is 37.7. The number of rotatable bonds is 6. The van der Waals surface area contributed by atoms with Gasteiger partial charge in [0.2, 0.25) is 0 Å². The number of pyridine rings is 1. The van der Waals surface area contributed by atoms with Gasteiger partial charge in [0.1, 0.15) is 23.7 Å². The molecule has 39 heavy (non-hydrogen) atoms. The average Bonchev–Trinajstić information content (AvgIpc) is 3.58. The molecule has 10 heteroatoms. The molecule has 1 atom stereocenters. The third-order valence-electron chi connectivity index (χ3n) is 6.48. The van der Waals surface area contributed by atoms with Crippen molar-refractivity contribution in [2.75, 3.05) is 11.5 Å². The lowest BCUT2D eigenvalue weighted by molar-refractivity contribution is -0.132. The molecule has 1 aliphatic heterocycles. The Balaban J connectivity index is 1.56. The van der Waals surface area contributed by atoms with Crippen LogP contribution in [0.15, 0.2) is 85.1 Å². The van der Waals surface area contributed by atoms with E-state index in [0.29, 0.717) is 50.6 Å². The van der Waals surface area contributed by atoms with Crippen LogP contribution in [0, 0.1) is 6.92 Å². The topological polar surface area (TPSA) is 97.0 Å². The Bertz CT molecular complexity index is 1820. The van der Waals surface area contributed by atoms with Crippen molar-refractivity contribution < 1.29 is 19.4 Å². The number of carbonyl (C=O) groups excluding carboxylic acids is 2. The van der Waals surface area contributed by atoms with Gasteiger partial charge in [0, 0.05) is 11.2 Å². The highest BCUT2D eigenvalue weighted by molar-refractivity contribution is 7.22. The van der Waals surface area contributed by atoms with Gasteiger partial charge in [-0.15, -0.1) is 0 Å². The Hall–Kier alpha value is -4.47. The fraction of sp³-hybridized carbons (Fsp3) is 0.103. The maximum absolute atomic E-state index is 13.6. The number of Topliss-reactive ketones (excluding diaryl/α,β-unsaturated/α-hetero) is 1. The van der Waals surface area contributed by atoms with Crippen molar-refractivity contribution in [1.82, 2.24) is 14.4 Å². The van der Waals surface area contributed by atoms with E-state index in [9.17, 15) is 14.7 Å². The standard InChI is InChI=1S/C29H21ClN4O4S/c1-3-14-38-19-10-7-17(8-11-19)25-23(26(35)24-16(2)31-22-6-4-5-13-33(22)24)27(36)28(37)34(25)29-32-20-12-9-18(30)15-21(20)39-29/h3-13,15,25,35H,1,14H2,2H3. The molecule has 1 amide bonds. The highest BCUT2D eigenvalue weighted by Crippen LogP contribution is 2.45. The molecule has 0 radical (unpaired) electrons. The number of benzene rings is 2. The number of aryl methyl sites for hydroxylation is 1. The van der Waals surface area contributed by atoms with Crippen LogP contribution in [-0.4, -0.2) is 37.8 Å². The Kier molecular flexibility index (Phi) is 6.17. The van der Waals surface area contributed by atoms with Crippen molar-refractivity contribution in [3.63, 3.8) is 0 Å². The Labute approximate surface area is 232 Å². The summed E-state index contributed by atoms with van der Waals surface area (Å²) in [5, 5.41) is 12.5. The van der Waals surface area contributed by atoms with E-state index in [2.05, 4.69) is 16.5 Å². The Morgan fingerprint density at radius 1 is 1.15 bits per heavy atom. The fourth-order valence-corrected chi connectivity index (χ4v) is 6.03. The smallest absolute Gasteiger partial charge is 0.301 e. The summed E-state index contributed by atoms with van der Waals surface area (Å²) in [6, 6.07) is 16.8. The lowest BCUT2D eigenvalue weighted by Crippen LogP contribution is -2.29. The number of amides is 1. The zero-order valence-electron chi connectivity index (χ0n) is 20.7. The number of thiazole rings is 1. The summed E-state index contributed by atoms with van der Waals surface area (Å²) in [6.45, 7) is 5.74. The molecule has 194 valence electrons. The van der Waals surface area contributed by atoms with Crippen molar-refractivity contribution in [2.24, 2.45) is 0 Å². The van der Waals surface area contributed by atoms with Gasteiger partial charge in [0.15, 0.2) is 10.9 Å². The molecule has 5 aromatic rings. The number of hydrogen-bond donors (Lipinski definition) is 1. The summed E-state index contributed by atoms with van der Waals surface area (Å²) in [6.07, 6.45) is 3.39. The van der Waals surface area contributed by atoms with Gasteiger partial charge in [-0.1, -0.05) is 53.8 Å². The predicted molar refractivity (Wildman–Crippen MR) is 151 cm³/mol. The first kappa shape index (κ1) is 24.8. The number of hydrogen-bond acceptors (Lipinski definition) is 7. The number of ether oxygens (including phenoxy) is 1. The Morgan fingerprint density at radius 3 is 2.72 bits per heavy atom. The van der Waals surface area contributed by atoms with Gasteiger partial charge in [0.05, 0.1) is 27.5 Å². The normalized spacial score (nSPS) is 16.9. The predicted octanol–water partition coefficient (Wildman–Crippen LogP) is 6.10. The summed E-state index contributed by atoms with van der Waals surface area (Å²) in [5.41, 5.74) is 2.67. The minimum atomic E-state index is -0.942. The van der Waals surface area contributed by atoms with Crippen LogP contribution >= 0.6 is 22.9 Å². The Morgan fingerprint density at radius 2 is 1.95 bits per heavy atom. The van der Waals surface area contributed by atoms with Crippen LogP contribution in [0.5, 0.6) is 5.75 Å². The van der Waals surface area contributed by atoms with E-state index in [4.69, 9.17) is 16.3 Å². The molecule has 2 aromatic carbocycles. The number of fused-ring (bicyclic) bond motifs is 2. The average molecular weight is 557 g/mol. The molecule has 3 aromatic heterocycles. The molecule has 8 nitrogen and oxygen atoms in total. The molecule has 1 fully saturated rings. The lowest BCUT2D eigenvalue weighted by Gasteiger charge is -2.23. The van der Waals surface area contributed by atoms with E-state index in [1.54, 1.807) is 78.2 Å². The molecular formula is C29H21ClN4O4S. The van der Waals surface area contributed by atoms with E-state index < -0.39 is 17.7 Å². The van der Waals surface area contributed by atoms with E-state index in [1.165, 1.54) is 16.2 Å². The van der Waals surface area contributed by atoms with Gasteiger partial charge < -0.3 is 9.84 Å². The number of halogens is 1. The number of aromatic nitrogens is 3. The van der Waals surface area contributed by atoms with Gasteiger partial charge in [-0.3, -0.25) is 18.9 Å². The number of anilines is 1. The third kappa shape index (κ3) is 4.16. The van der Waals surface area contributed by atoms with Crippen molar-refractivity contribution >= 4 is 61.4 Å². The van der Waals surface area contributed by atoms with Crippen molar-refractivity contribution in [1.29, 1.82) is 0 Å². The second-order valence-corrected chi connectivity index (χ2v) is 10.4. The van der Waals surface area contributed by atoms with Crippen molar-refractivity contribution in [2.45, 2.75) is 13.0 Å². The summed E-state index contributed by atoms with van der Waals surface area (Å²) < 4.78 is 8.08. The number of nitrogens with zero attached hydrogens (tertiary/aromatic N) is 4. The van der Waals surface area contributed by atoms with E-state index >= 15 is 0 Å². The highest BCUT2D eigenvalue weighted by Gasteiger charge is 2.48. The van der Waals surface area contributed by atoms with Crippen LogP contribution < -0.4 is 9.64 Å². The molecule has 6 rings (SSSR count). The number of carbonyl (C=O) groups is 2. The molecule has 1 N–H and O–H groups in total. The van der Waals surface area contributed by atoms with Crippen LogP contribution in [0.1, 0.15) is 23.0 Å². The molecular weight excluding hydrogens is 536 g/mol. The molecule has 1 unspecified atom stereocenters. The molecule has 1 aliphatic rings. The molecule has 0 spiro atoms. The number of ketones is 1. The van der Waals surface area contributed by atoms with Gasteiger partial charge in [-0.2, -0.15) is 0 Å². The van der Waals surface area contributed by atoms with Crippen LogP contribution in [0.4, 0.5) is 5.13 Å². The quantitative estimate of drug-likeness (QED) is 0.117. The molecule has 4 heterocycles. The zero-order valence-corrected chi connectivity index (χ0v) is 22.2. The summed E-state index contributed by atoms with van der Waals surface area (Å²) >= 11 is 7.42. The largest absolute Gasteiger partial charge is 0.505 e. The molecule has 0 aliphatic carbocycles. The molecule has 1 saturated heterocycles. The minimum absolute atomic E-state index is 0.0502.